The molecule has 0 amide bonds. The maximum absolute atomic E-state index is 11.8. The first-order chi connectivity index (χ1) is 9.34. The number of unbranched alkanes of at least 4 members (excludes halogenated alkanes) is 1. The molecule has 0 aliphatic carbocycles. The van der Waals surface area contributed by atoms with Crippen LogP contribution < -0.4 is 4.72 Å². The smallest absolute Gasteiger partial charge is 0.328 e. The van der Waals surface area contributed by atoms with Gasteiger partial charge in [0, 0.05) is 11.8 Å². The van der Waals surface area contributed by atoms with Crippen molar-refractivity contribution in [2.75, 3.05) is 10.5 Å². The number of hydrogen-bond donors (Lipinski definition) is 2. The Labute approximate surface area is 119 Å². The zero-order chi connectivity index (χ0) is 15.2. The number of carboxylic acids is 1. The fraction of sp³-hybridized carbons (Fsp3) is 0.357. The fourth-order valence-corrected chi connectivity index (χ4v) is 2.91. The summed E-state index contributed by atoms with van der Waals surface area (Å²) in [5, 5.41) is 8.58. The highest BCUT2D eigenvalue weighted by atomic mass is 32.2. The second-order valence-electron chi connectivity index (χ2n) is 4.52. The Kier molecular flexibility index (Phi) is 5.76. The Hall–Kier alpha value is -1.82. The molecule has 0 aliphatic rings. The monoisotopic (exact) mass is 297 g/mol. The van der Waals surface area contributed by atoms with Crippen LogP contribution in [0.3, 0.4) is 0 Å². The van der Waals surface area contributed by atoms with Crippen LogP contribution in [-0.4, -0.2) is 25.2 Å². The number of hydrogen-bond acceptors (Lipinski definition) is 3. The highest BCUT2D eigenvalue weighted by Crippen LogP contribution is 2.18. The molecular weight excluding hydrogens is 278 g/mol. The molecule has 0 aromatic heterocycles. The van der Waals surface area contributed by atoms with Gasteiger partial charge in [0.1, 0.15) is 0 Å². The highest BCUT2D eigenvalue weighted by molar-refractivity contribution is 7.92. The molecular formula is C14H19NO4S. The van der Waals surface area contributed by atoms with Gasteiger partial charge in [-0.15, -0.1) is 0 Å². The molecule has 0 saturated heterocycles. The van der Waals surface area contributed by atoms with Crippen molar-refractivity contribution in [3.05, 3.63) is 35.4 Å². The molecule has 0 spiro atoms. The summed E-state index contributed by atoms with van der Waals surface area (Å²) in [6, 6.07) is 5.00. The predicted octanol–water partition coefficient (Wildman–Crippen LogP) is 2.63. The Bertz CT molecular complexity index is 606. The van der Waals surface area contributed by atoms with E-state index in [1.165, 1.54) is 6.08 Å². The summed E-state index contributed by atoms with van der Waals surface area (Å²) in [6.07, 6.45) is 3.97. The van der Waals surface area contributed by atoms with Crippen LogP contribution in [0.2, 0.25) is 0 Å². The van der Waals surface area contributed by atoms with Crippen LogP contribution in [-0.2, 0) is 14.8 Å². The molecule has 20 heavy (non-hydrogen) atoms. The number of carboxylic acid groups (broad SMARTS) is 1. The number of sulfonamides is 1. The lowest BCUT2D eigenvalue weighted by molar-refractivity contribution is -0.131. The van der Waals surface area contributed by atoms with Gasteiger partial charge >= 0.3 is 5.97 Å². The highest BCUT2D eigenvalue weighted by Gasteiger charge is 2.09. The Morgan fingerprint density at radius 2 is 2.10 bits per heavy atom. The van der Waals surface area contributed by atoms with Crippen molar-refractivity contribution >= 4 is 27.8 Å². The molecule has 110 valence electrons. The Morgan fingerprint density at radius 1 is 1.40 bits per heavy atom. The molecule has 0 aliphatic heterocycles. The van der Waals surface area contributed by atoms with E-state index >= 15 is 0 Å². The van der Waals surface area contributed by atoms with E-state index < -0.39 is 16.0 Å². The van der Waals surface area contributed by atoms with Crippen molar-refractivity contribution in [3.63, 3.8) is 0 Å². The van der Waals surface area contributed by atoms with Crippen molar-refractivity contribution < 1.29 is 18.3 Å². The lowest BCUT2D eigenvalue weighted by Crippen LogP contribution is -2.16. The minimum absolute atomic E-state index is 0.100. The van der Waals surface area contributed by atoms with E-state index in [0.29, 0.717) is 12.1 Å². The molecule has 0 atom stereocenters. The summed E-state index contributed by atoms with van der Waals surface area (Å²) in [5.41, 5.74) is 2.04. The van der Waals surface area contributed by atoms with Crippen LogP contribution in [0, 0.1) is 6.92 Å². The third-order valence-electron chi connectivity index (χ3n) is 2.72. The number of rotatable bonds is 7. The second-order valence-corrected chi connectivity index (χ2v) is 6.36. The van der Waals surface area contributed by atoms with Gasteiger partial charge in [0.05, 0.1) is 5.75 Å². The van der Waals surface area contributed by atoms with Crippen molar-refractivity contribution in [2.45, 2.75) is 26.7 Å². The maximum atomic E-state index is 11.8. The molecule has 6 heteroatoms. The number of aryl methyl sites for hydroxylation is 1. The van der Waals surface area contributed by atoms with Gasteiger partial charge in [-0.25, -0.2) is 13.2 Å². The molecule has 1 rings (SSSR count). The minimum atomic E-state index is -3.31. The summed E-state index contributed by atoms with van der Waals surface area (Å²) < 4.78 is 26.1. The normalized spacial score (nSPS) is 11.7. The van der Waals surface area contributed by atoms with Gasteiger partial charge < -0.3 is 5.11 Å². The van der Waals surface area contributed by atoms with Gasteiger partial charge in [0.15, 0.2) is 0 Å². The summed E-state index contributed by atoms with van der Waals surface area (Å²) in [7, 11) is -3.31. The first-order valence-electron chi connectivity index (χ1n) is 6.36. The van der Waals surface area contributed by atoms with Gasteiger partial charge in [-0.2, -0.15) is 0 Å². The molecule has 0 heterocycles. The Balaban J connectivity index is 2.85. The third kappa shape index (κ3) is 5.44. The largest absolute Gasteiger partial charge is 0.478 e. The number of nitrogens with one attached hydrogen (secondary N) is 1. The number of carbonyl (C=O) groups is 1. The van der Waals surface area contributed by atoms with Gasteiger partial charge in [-0.05, 0) is 42.7 Å². The average molecular weight is 297 g/mol. The summed E-state index contributed by atoms with van der Waals surface area (Å²) >= 11 is 0. The topological polar surface area (TPSA) is 83.5 Å². The lowest BCUT2D eigenvalue weighted by atomic mass is 10.1. The Morgan fingerprint density at radius 3 is 2.65 bits per heavy atom. The predicted molar refractivity (Wildman–Crippen MR) is 80.2 cm³/mol. The van der Waals surface area contributed by atoms with Crippen molar-refractivity contribution in [2.24, 2.45) is 0 Å². The molecule has 0 saturated carbocycles. The van der Waals surface area contributed by atoms with E-state index in [1.807, 2.05) is 6.92 Å². The second kappa shape index (κ2) is 7.09. The average Bonchev–Trinajstić information content (AvgIpc) is 2.35. The molecule has 1 aromatic carbocycles. The first kappa shape index (κ1) is 16.2. The van der Waals surface area contributed by atoms with Crippen LogP contribution in [0.5, 0.6) is 0 Å². The van der Waals surface area contributed by atoms with E-state index in [2.05, 4.69) is 4.72 Å². The summed E-state index contributed by atoms with van der Waals surface area (Å²) in [4.78, 5) is 10.5. The quantitative estimate of drug-likeness (QED) is 0.758. The maximum Gasteiger partial charge on any atom is 0.328 e. The first-order valence-corrected chi connectivity index (χ1v) is 8.01. The van der Waals surface area contributed by atoms with Crippen LogP contribution in [0.4, 0.5) is 5.69 Å². The zero-order valence-corrected chi connectivity index (χ0v) is 12.4. The van der Waals surface area contributed by atoms with E-state index in [1.54, 1.807) is 25.1 Å². The number of aliphatic carboxylic acids is 1. The fourth-order valence-electron chi connectivity index (χ4n) is 1.65. The van der Waals surface area contributed by atoms with Crippen LogP contribution >= 0.6 is 0 Å². The van der Waals surface area contributed by atoms with Crippen molar-refractivity contribution in [1.29, 1.82) is 0 Å². The van der Waals surface area contributed by atoms with Gasteiger partial charge in [0.25, 0.3) is 0 Å². The van der Waals surface area contributed by atoms with Crippen LogP contribution in [0.25, 0.3) is 6.08 Å². The molecule has 0 bridgehead atoms. The summed E-state index contributed by atoms with van der Waals surface area (Å²) in [6.45, 7) is 3.73. The summed E-state index contributed by atoms with van der Waals surface area (Å²) in [5.74, 6) is -0.919. The molecule has 5 nitrogen and oxygen atoms in total. The SMILES string of the molecule is CCCCS(=O)(=O)Nc1ccc(C=CC(=O)O)c(C)c1. The number of benzene rings is 1. The van der Waals surface area contributed by atoms with Gasteiger partial charge in [-0.1, -0.05) is 19.4 Å². The van der Waals surface area contributed by atoms with E-state index in [9.17, 15) is 13.2 Å². The lowest BCUT2D eigenvalue weighted by Gasteiger charge is -2.09. The van der Waals surface area contributed by atoms with E-state index in [-0.39, 0.29) is 5.75 Å². The minimum Gasteiger partial charge on any atom is -0.478 e. The standard InChI is InChI=1S/C14H19NO4S/c1-3-4-9-20(18,19)15-13-7-5-12(11(2)10-13)6-8-14(16)17/h5-8,10,15H,3-4,9H2,1-2H3,(H,16,17). The zero-order valence-electron chi connectivity index (χ0n) is 11.6. The van der Waals surface area contributed by atoms with E-state index in [4.69, 9.17) is 5.11 Å². The van der Waals surface area contributed by atoms with Crippen LogP contribution in [0.15, 0.2) is 24.3 Å². The van der Waals surface area contributed by atoms with Gasteiger partial charge in [0.2, 0.25) is 10.0 Å². The molecule has 0 fully saturated rings. The molecule has 1 aromatic rings. The van der Waals surface area contributed by atoms with Gasteiger partial charge in [-0.3, -0.25) is 4.72 Å². The molecule has 2 N–H and O–H groups in total. The van der Waals surface area contributed by atoms with Crippen LogP contribution in [0.1, 0.15) is 30.9 Å². The molecule has 0 unspecified atom stereocenters. The molecule has 0 radical (unpaired) electrons. The van der Waals surface area contributed by atoms with Crippen molar-refractivity contribution in [1.82, 2.24) is 0 Å². The van der Waals surface area contributed by atoms with E-state index in [0.717, 1.165) is 23.6 Å². The number of anilines is 1. The van der Waals surface area contributed by atoms with Crippen molar-refractivity contribution in [3.8, 4) is 0 Å². The third-order valence-corrected chi connectivity index (χ3v) is 4.09.